The van der Waals surface area contributed by atoms with E-state index in [0.29, 0.717) is 41.1 Å². The Morgan fingerprint density at radius 2 is 1.59 bits per heavy atom. The summed E-state index contributed by atoms with van der Waals surface area (Å²) < 4.78 is 0. The Kier molecular flexibility index (Phi) is 9.53. The Morgan fingerprint density at radius 3 is 2.29 bits per heavy atom. The second-order valence-corrected chi connectivity index (χ2v) is 17.5. The summed E-state index contributed by atoms with van der Waals surface area (Å²) in [6.07, 6.45) is 5.94. The molecular weight excluding hydrogens is 726 g/mol. The first-order valence-corrected chi connectivity index (χ1v) is 20.6. The van der Waals surface area contributed by atoms with E-state index in [2.05, 4.69) is 51.2 Å². The van der Waals surface area contributed by atoms with E-state index in [1.807, 2.05) is 41.3 Å². The maximum atomic E-state index is 13.6. The van der Waals surface area contributed by atoms with Crippen molar-refractivity contribution in [2.24, 2.45) is 11.3 Å². The van der Waals surface area contributed by atoms with Crippen molar-refractivity contribution in [2.45, 2.75) is 83.6 Å². The Morgan fingerprint density at radius 1 is 0.875 bits per heavy atom. The Hall–Kier alpha value is -4.92. The van der Waals surface area contributed by atoms with Crippen LogP contribution in [-0.2, 0) is 29.2 Å². The van der Waals surface area contributed by atoms with Crippen LogP contribution in [0, 0.1) is 22.7 Å². The number of nitrogens with one attached hydrogen (secondary N) is 1. The van der Waals surface area contributed by atoms with Gasteiger partial charge in [-0.1, -0.05) is 17.7 Å². The van der Waals surface area contributed by atoms with E-state index in [-0.39, 0.29) is 35.5 Å². The number of hydrogen-bond donors (Lipinski definition) is 1. The number of carbonyl (C=O) groups is 4. The molecule has 0 radical (unpaired) electrons. The topological polar surface area (TPSA) is 120 Å². The van der Waals surface area contributed by atoms with E-state index in [1.54, 1.807) is 4.90 Å². The molecule has 1 N–H and O–H groups in total. The molecule has 0 aromatic heterocycles. The lowest BCUT2D eigenvalue weighted by atomic mass is 9.76. The van der Waals surface area contributed by atoms with E-state index in [4.69, 9.17) is 11.6 Å². The number of rotatable bonds is 6. The zero-order valence-electron chi connectivity index (χ0n) is 31.9. The largest absolute Gasteiger partial charge is 0.371 e. The third-order valence-corrected chi connectivity index (χ3v) is 13.8. The molecular formula is C44H48ClN7O4. The molecule has 0 saturated carbocycles. The van der Waals surface area contributed by atoms with Gasteiger partial charge in [0.25, 0.3) is 11.8 Å². The van der Waals surface area contributed by atoms with Crippen molar-refractivity contribution < 1.29 is 19.2 Å². The van der Waals surface area contributed by atoms with Crippen molar-refractivity contribution in [3.8, 4) is 6.07 Å². The highest BCUT2D eigenvalue weighted by Gasteiger charge is 2.44. The van der Waals surface area contributed by atoms with E-state index < -0.39 is 6.04 Å². The van der Waals surface area contributed by atoms with Gasteiger partial charge in [-0.2, -0.15) is 5.26 Å². The predicted molar refractivity (Wildman–Crippen MR) is 213 cm³/mol. The molecule has 3 aromatic rings. The number of nitriles is 1. The number of nitrogens with zero attached hydrogens (tertiary/aromatic N) is 6. The first kappa shape index (κ1) is 36.7. The van der Waals surface area contributed by atoms with Crippen LogP contribution >= 0.6 is 11.6 Å². The summed E-state index contributed by atoms with van der Waals surface area (Å²) in [6, 6.07) is 20.1. The van der Waals surface area contributed by atoms with Gasteiger partial charge in [0, 0.05) is 93.9 Å². The van der Waals surface area contributed by atoms with Gasteiger partial charge in [0.2, 0.25) is 11.8 Å². The van der Waals surface area contributed by atoms with Crippen molar-refractivity contribution in [3.63, 3.8) is 0 Å². The van der Waals surface area contributed by atoms with E-state index in [0.717, 1.165) is 101 Å². The zero-order valence-corrected chi connectivity index (χ0v) is 32.7. The molecule has 4 fully saturated rings. The molecule has 6 aliphatic rings. The Labute approximate surface area is 333 Å². The molecule has 56 heavy (non-hydrogen) atoms. The lowest BCUT2D eigenvalue weighted by Crippen LogP contribution is -2.52. The Balaban J connectivity index is 0.737. The van der Waals surface area contributed by atoms with Crippen molar-refractivity contribution in [1.29, 1.82) is 5.26 Å². The minimum absolute atomic E-state index is 0.106. The monoisotopic (exact) mass is 773 g/mol. The van der Waals surface area contributed by atoms with Crippen LogP contribution in [0.4, 0.5) is 11.4 Å². The molecule has 6 aliphatic heterocycles. The van der Waals surface area contributed by atoms with Crippen molar-refractivity contribution in [1.82, 2.24) is 20.0 Å². The summed E-state index contributed by atoms with van der Waals surface area (Å²) in [5.74, 6) is -0.168. The molecule has 0 bridgehead atoms. The smallest absolute Gasteiger partial charge is 0.255 e. The van der Waals surface area contributed by atoms with Crippen LogP contribution in [0.1, 0.15) is 94.8 Å². The number of carbonyl (C=O) groups excluding carboxylic acids is 4. The number of benzene rings is 3. The molecule has 290 valence electrons. The Bertz CT molecular complexity index is 2130. The number of piperidine rings is 3. The van der Waals surface area contributed by atoms with Gasteiger partial charge in [0.15, 0.2) is 0 Å². The highest BCUT2D eigenvalue weighted by Crippen LogP contribution is 2.46. The summed E-state index contributed by atoms with van der Waals surface area (Å²) in [7, 11) is 0. The van der Waals surface area contributed by atoms with Crippen LogP contribution < -0.4 is 15.1 Å². The third-order valence-electron chi connectivity index (χ3n) is 13.5. The number of fused-ring (bicyclic) bond motifs is 2. The molecule has 4 amide bonds. The lowest BCUT2D eigenvalue weighted by molar-refractivity contribution is -0.136. The molecule has 9 rings (SSSR count). The first-order chi connectivity index (χ1) is 27.1. The first-order valence-electron chi connectivity index (χ1n) is 20.2. The van der Waals surface area contributed by atoms with Gasteiger partial charge in [-0.15, -0.1) is 0 Å². The predicted octanol–water partition coefficient (Wildman–Crippen LogP) is 5.73. The average molecular weight is 774 g/mol. The standard InChI is InChI=1S/C44H48ClN7O4/c1-28-21-44(27-52(28)36-7-4-31(22-46)38(45)20-36)12-16-49(17-13-44)35-5-2-30(3-6-35)42(55)50-14-10-29(11-15-50)23-48-24-32-18-34-26-51(39-8-9-40(53)47-41(39)54)43(56)37(34)19-33(32)25-48/h2-7,18-20,28-29,39H,8-17,21,23-27H2,1H3,(H,47,53,54)/t28-,39?/m0/s1. The molecule has 6 heterocycles. The molecule has 3 aromatic carbocycles. The normalized spacial score (nSPS) is 23.8. The van der Waals surface area contributed by atoms with Gasteiger partial charge in [0.05, 0.1) is 10.6 Å². The summed E-state index contributed by atoms with van der Waals surface area (Å²) in [4.78, 5) is 62.0. The molecule has 4 saturated heterocycles. The molecule has 11 nitrogen and oxygen atoms in total. The molecule has 0 aliphatic carbocycles. The van der Waals surface area contributed by atoms with Crippen LogP contribution in [0.15, 0.2) is 54.6 Å². The number of likely N-dealkylation sites (tertiary alicyclic amines) is 1. The molecule has 1 unspecified atom stereocenters. The van der Waals surface area contributed by atoms with Crippen molar-refractivity contribution in [3.05, 3.63) is 93.0 Å². The second kappa shape index (κ2) is 14.5. The van der Waals surface area contributed by atoms with Crippen LogP contribution in [0.5, 0.6) is 0 Å². The number of amides is 4. The van der Waals surface area contributed by atoms with E-state index in [1.165, 1.54) is 16.8 Å². The SMILES string of the molecule is C[C@H]1CC2(CCN(c3ccc(C(=O)N4CCC(CN5Cc6cc7c(cc6C5)C(=O)N(C5CCC(=O)NC5=O)C7)CC4)cc3)CC2)CN1c1ccc(C#N)c(Cl)c1. The summed E-state index contributed by atoms with van der Waals surface area (Å²) >= 11 is 6.38. The minimum Gasteiger partial charge on any atom is -0.371 e. The zero-order chi connectivity index (χ0) is 38.7. The lowest BCUT2D eigenvalue weighted by Gasteiger charge is -2.40. The third kappa shape index (κ3) is 6.81. The fraction of sp³-hybridized carbons (Fsp3) is 0.477. The van der Waals surface area contributed by atoms with E-state index in [9.17, 15) is 24.4 Å². The number of imide groups is 1. The highest BCUT2D eigenvalue weighted by atomic mass is 35.5. The minimum atomic E-state index is -0.595. The van der Waals surface area contributed by atoms with Gasteiger partial charge in [0.1, 0.15) is 12.1 Å². The van der Waals surface area contributed by atoms with E-state index >= 15 is 0 Å². The van der Waals surface area contributed by atoms with Crippen LogP contribution in [0.25, 0.3) is 0 Å². The van der Waals surface area contributed by atoms with Crippen LogP contribution in [-0.4, -0.2) is 89.7 Å². The number of anilines is 2. The fourth-order valence-electron chi connectivity index (χ4n) is 10.4. The second-order valence-electron chi connectivity index (χ2n) is 17.1. The van der Waals surface area contributed by atoms with Crippen molar-refractivity contribution in [2.75, 3.05) is 49.1 Å². The maximum absolute atomic E-state index is 13.6. The van der Waals surface area contributed by atoms with Crippen LogP contribution in [0.3, 0.4) is 0 Å². The summed E-state index contributed by atoms with van der Waals surface area (Å²) in [6.45, 7) is 9.77. The van der Waals surface area contributed by atoms with Gasteiger partial charge in [-0.25, -0.2) is 0 Å². The average Bonchev–Trinajstić information content (AvgIpc) is 3.85. The fourth-order valence-corrected chi connectivity index (χ4v) is 10.6. The molecule has 12 heteroatoms. The molecule has 2 atom stereocenters. The quantitative estimate of drug-likeness (QED) is 0.316. The number of halogens is 1. The summed E-state index contributed by atoms with van der Waals surface area (Å²) in [5, 5.41) is 12.2. The molecule has 1 spiro atoms. The van der Waals surface area contributed by atoms with Gasteiger partial charge in [-0.05, 0) is 122 Å². The summed E-state index contributed by atoms with van der Waals surface area (Å²) in [5.41, 5.74) is 7.84. The van der Waals surface area contributed by atoms with Crippen molar-refractivity contribution >= 4 is 46.6 Å². The number of hydrogen-bond acceptors (Lipinski definition) is 8. The van der Waals surface area contributed by atoms with Crippen LogP contribution in [0.2, 0.25) is 5.02 Å². The van der Waals surface area contributed by atoms with Gasteiger partial charge in [-0.3, -0.25) is 29.4 Å². The van der Waals surface area contributed by atoms with Gasteiger partial charge >= 0.3 is 0 Å². The van der Waals surface area contributed by atoms with Gasteiger partial charge < -0.3 is 19.6 Å². The maximum Gasteiger partial charge on any atom is 0.255 e. The highest BCUT2D eigenvalue weighted by molar-refractivity contribution is 6.32.